The number of nitrogens with one attached hydrogen (secondary N) is 1. The van der Waals surface area contributed by atoms with E-state index >= 15 is 4.79 Å². The van der Waals surface area contributed by atoms with Crippen LogP contribution in [-0.2, 0) is 37.8 Å². The van der Waals surface area contributed by atoms with Gasteiger partial charge in [-0.1, -0.05) is 67.6 Å². The molecule has 13 heteroatoms. The molecule has 0 unspecified atom stereocenters. The summed E-state index contributed by atoms with van der Waals surface area (Å²) in [6.45, 7) is 8.13. The third kappa shape index (κ3) is 7.22. The molecule has 3 saturated heterocycles. The smallest absolute Gasteiger partial charge is 0.264 e. The van der Waals surface area contributed by atoms with Crippen molar-refractivity contribution in [3.63, 3.8) is 0 Å². The molecule has 310 valence electrons. The number of aliphatic hydroxyl groups is 1. The first-order chi connectivity index (χ1) is 28.4. The lowest BCUT2D eigenvalue weighted by Gasteiger charge is -2.39. The Hall–Kier alpha value is -5.05. The zero-order chi connectivity index (χ0) is 41.5. The van der Waals surface area contributed by atoms with Gasteiger partial charge in [-0.05, 0) is 92.6 Å². The molecule has 59 heavy (non-hydrogen) atoms. The van der Waals surface area contributed by atoms with Gasteiger partial charge >= 0.3 is 0 Å². The van der Waals surface area contributed by atoms with Crippen LogP contribution in [0.1, 0.15) is 42.9 Å². The van der Waals surface area contributed by atoms with Crippen molar-refractivity contribution in [3.8, 4) is 5.75 Å². The third-order valence-electron chi connectivity index (χ3n) is 13.0. The highest BCUT2D eigenvalue weighted by Crippen LogP contribution is 2.60. The minimum Gasteiger partial charge on any atom is -0.497 e. The van der Waals surface area contributed by atoms with Crippen molar-refractivity contribution in [3.05, 3.63) is 120 Å². The Labute approximate surface area is 347 Å². The first-order valence-electron chi connectivity index (χ1n) is 20.7. The highest BCUT2D eigenvalue weighted by atomic mass is 28.4. The zero-order valence-electron chi connectivity index (χ0n) is 34.3. The van der Waals surface area contributed by atoms with Gasteiger partial charge in [-0.3, -0.25) is 19.3 Å². The molecule has 2 spiro atoms. The molecule has 4 heterocycles. The number of benzene rings is 4. The first-order valence-corrected chi connectivity index (χ1v) is 23.7. The number of fused-ring (bicyclic) bond motifs is 2. The number of carbonyl (C=O) groups excluding carboxylic acids is 3. The van der Waals surface area contributed by atoms with Crippen molar-refractivity contribution in [1.29, 1.82) is 0 Å². The summed E-state index contributed by atoms with van der Waals surface area (Å²) in [5.41, 5.74) is 2.41. The van der Waals surface area contributed by atoms with E-state index in [1.165, 1.54) is 0 Å². The minimum atomic E-state index is -3.06. The molecule has 12 nitrogen and oxygen atoms in total. The van der Waals surface area contributed by atoms with Crippen LogP contribution >= 0.6 is 0 Å². The summed E-state index contributed by atoms with van der Waals surface area (Å²) in [7, 11) is -1.48. The molecule has 0 radical (unpaired) electrons. The predicted octanol–water partition coefficient (Wildman–Crippen LogP) is 5.38. The number of rotatable bonds is 12. The number of amides is 3. The van der Waals surface area contributed by atoms with Gasteiger partial charge < -0.3 is 39.4 Å². The quantitative estimate of drug-likeness (QED) is 0.161. The number of para-hydroxylation sites is 1. The van der Waals surface area contributed by atoms with Crippen LogP contribution in [0.2, 0.25) is 18.6 Å². The van der Waals surface area contributed by atoms with Gasteiger partial charge in [0.2, 0.25) is 5.91 Å². The molecule has 4 aromatic rings. The van der Waals surface area contributed by atoms with Crippen LogP contribution < -0.4 is 24.8 Å². The molecule has 0 aromatic heterocycles. The Morgan fingerprint density at radius 3 is 2.24 bits per heavy atom. The molecule has 4 atom stereocenters. The summed E-state index contributed by atoms with van der Waals surface area (Å²) in [6.07, 6.45) is 0.641. The molecular formula is C46H55N5O7Si. The van der Waals surface area contributed by atoms with E-state index in [0.29, 0.717) is 30.2 Å². The summed E-state index contributed by atoms with van der Waals surface area (Å²) < 4.78 is 12.6. The number of piperidine rings is 1. The van der Waals surface area contributed by atoms with E-state index in [1.807, 2.05) is 116 Å². The standard InChI is InChI=1S/C46H55N5O7Si/c1-32-42(59(3,4)56)40(28-41(53)48(25-26-52)29-33-11-7-5-8-12-33)58-46(32)38-27-37(57-2)19-20-39(38)49(44(46)55)30-34-15-17-35(18-16-34)50-31-51(36-13-9-6-10-14-36)45(43(50)54)21-23-47-24-22-45/h5-20,27,32,40,42,47,52,56H,21-26,28-31H2,1-4H3/t32-,40+,42-,46+/m0/s1. The van der Waals surface area contributed by atoms with E-state index in [9.17, 15) is 19.5 Å². The van der Waals surface area contributed by atoms with E-state index in [4.69, 9.17) is 9.47 Å². The summed E-state index contributed by atoms with van der Waals surface area (Å²) in [5, 5.41) is 13.3. The number of nitrogens with zero attached hydrogens (tertiary/aromatic N) is 4. The van der Waals surface area contributed by atoms with Gasteiger partial charge in [0, 0.05) is 41.5 Å². The molecule has 4 aliphatic heterocycles. The van der Waals surface area contributed by atoms with Crippen LogP contribution in [0.15, 0.2) is 103 Å². The first kappa shape index (κ1) is 40.7. The van der Waals surface area contributed by atoms with Gasteiger partial charge in [0.05, 0.1) is 45.1 Å². The van der Waals surface area contributed by atoms with Crippen LogP contribution in [0.3, 0.4) is 0 Å². The third-order valence-corrected chi connectivity index (χ3v) is 15.5. The maximum absolute atomic E-state index is 15.1. The molecule has 8 rings (SSSR count). The number of anilines is 3. The van der Waals surface area contributed by atoms with Gasteiger partial charge in [0.15, 0.2) is 13.9 Å². The topological polar surface area (TPSA) is 135 Å². The second-order valence-corrected chi connectivity index (χ2v) is 20.9. The Bertz CT molecular complexity index is 2160. The lowest BCUT2D eigenvalue weighted by atomic mass is 9.82. The Morgan fingerprint density at radius 2 is 1.59 bits per heavy atom. The molecule has 3 N–H and O–H groups in total. The van der Waals surface area contributed by atoms with Gasteiger partial charge in [0.25, 0.3) is 11.8 Å². The van der Waals surface area contributed by atoms with E-state index in [0.717, 1.165) is 48.4 Å². The van der Waals surface area contributed by atoms with Crippen molar-refractivity contribution in [1.82, 2.24) is 10.2 Å². The van der Waals surface area contributed by atoms with Crippen LogP contribution in [0, 0.1) is 5.92 Å². The Balaban J connectivity index is 1.07. The van der Waals surface area contributed by atoms with Crippen LogP contribution in [0.25, 0.3) is 0 Å². The van der Waals surface area contributed by atoms with Gasteiger partial charge in [-0.25, -0.2) is 0 Å². The fraction of sp³-hybridized carbons (Fsp3) is 0.413. The van der Waals surface area contributed by atoms with Crippen LogP contribution in [-0.4, -0.2) is 92.5 Å². The van der Waals surface area contributed by atoms with E-state index in [1.54, 1.807) is 16.9 Å². The van der Waals surface area contributed by atoms with E-state index in [-0.39, 0.29) is 43.8 Å². The normalized spacial score (nSPS) is 23.7. The fourth-order valence-corrected chi connectivity index (χ4v) is 12.7. The summed E-state index contributed by atoms with van der Waals surface area (Å²) >= 11 is 0. The maximum atomic E-state index is 15.1. The SMILES string of the molecule is COc1ccc2c(c1)[C@@]1(O[C@H](CC(=O)N(CCO)Cc3ccccc3)[C@@H]([Si](C)(C)O)[C@@H]1C)C(=O)N2Cc1ccc(N2CN(c3ccccc3)C3(CCNCC3)C2=O)cc1. The number of aliphatic hydroxyl groups excluding tert-OH is 1. The lowest BCUT2D eigenvalue weighted by Crippen LogP contribution is -2.55. The lowest BCUT2D eigenvalue weighted by molar-refractivity contribution is -0.150. The minimum absolute atomic E-state index is 0.0522. The van der Waals surface area contributed by atoms with Gasteiger partial charge in [-0.2, -0.15) is 0 Å². The molecular weight excluding hydrogens is 763 g/mol. The van der Waals surface area contributed by atoms with E-state index in [2.05, 4.69) is 22.3 Å². The Kier molecular flexibility index (Phi) is 11.2. The second-order valence-electron chi connectivity index (χ2n) is 16.9. The molecule has 4 aromatic carbocycles. The van der Waals surface area contributed by atoms with E-state index < -0.39 is 37.0 Å². The molecule has 3 amide bonds. The number of hydrogen-bond donors (Lipinski definition) is 3. The van der Waals surface area contributed by atoms with Crippen molar-refractivity contribution in [2.75, 3.05) is 54.7 Å². The number of ether oxygens (including phenoxy) is 2. The summed E-state index contributed by atoms with van der Waals surface area (Å²) in [6, 6.07) is 33.2. The molecule has 0 aliphatic carbocycles. The number of hydrogen-bond acceptors (Lipinski definition) is 9. The molecule has 0 bridgehead atoms. The predicted molar refractivity (Wildman–Crippen MR) is 229 cm³/mol. The largest absolute Gasteiger partial charge is 0.497 e. The summed E-state index contributed by atoms with van der Waals surface area (Å²) in [4.78, 5) is 62.8. The van der Waals surface area contributed by atoms with Crippen LogP contribution in [0.4, 0.5) is 17.1 Å². The number of carbonyl (C=O) groups is 3. The highest BCUT2D eigenvalue weighted by Gasteiger charge is 2.66. The highest BCUT2D eigenvalue weighted by molar-refractivity contribution is 6.71. The van der Waals surface area contributed by atoms with Crippen molar-refractivity contribution < 1.29 is 33.8 Å². The second kappa shape index (κ2) is 16.2. The zero-order valence-corrected chi connectivity index (χ0v) is 35.3. The fourth-order valence-electron chi connectivity index (χ4n) is 10.2. The van der Waals surface area contributed by atoms with Crippen molar-refractivity contribution >= 4 is 43.1 Å². The van der Waals surface area contributed by atoms with Crippen LogP contribution in [0.5, 0.6) is 5.75 Å². The molecule has 0 saturated carbocycles. The maximum Gasteiger partial charge on any atom is 0.264 e. The summed E-state index contributed by atoms with van der Waals surface area (Å²) in [5.74, 6) is -0.289. The van der Waals surface area contributed by atoms with Gasteiger partial charge in [-0.15, -0.1) is 0 Å². The van der Waals surface area contributed by atoms with Crippen molar-refractivity contribution in [2.45, 2.75) is 75.2 Å². The van der Waals surface area contributed by atoms with Crippen molar-refractivity contribution in [2.24, 2.45) is 5.92 Å². The Morgan fingerprint density at radius 1 is 0.915 bits per heavy atom. The molecule has 3 fully saturated rings. The molecule has 4 aliphatic rings. The monoisotopic (exact) mass is 817 g/mol. The van der Waals surface area contributed by atoms with Gasteiger partial charge in [0.1, 0.15) is 11.3 Å². The average molecular weight is 818 g/mol. The number of methoxy groups -OCH3 is 1. The average Bonchev–Trinajstić information content (AvgIpc) is 3.78.